The molecule has 3 heteroatoms. The van der Waals surface area contributed by atoms with Crippen molar-refractivity contribution >= 4 is 11.6 Å². The van der Waals surface area contributed by atoms with Crippen molar-refractivity contribution in [2.45, 2.75) is 6.92 Å². The summed E-state index contributed by atoms with van der Waals surface area (Å²) in [4.78, 5) is 3.90. The third-order valence-electron chi connectivity index (χ3n) is 1.11. The lowest BCUT2D eigenvalue weighted by atomic mass is 10.2. The summed E-state index contributed by atoms with van der Waals surface area (Å²) in [6.07, 6.45) is 1.48. The van der Waals surface area contributed by atoms with Gasteiger partial charge in [-0.25, -0.2) is 0 Å². The van der Waals surface area contributed by atoms with Gasteiger partial charge in [0.25, 0.3) is 0 Å². The lowest BCUT2D eigenvalue weighted by Crippen LogP contribution is -1.83. The Labute approximate surface area is 64.1 Å². The van der Waals surface area contributed by atoms with Crippen molar-refractivity contribution in [3.8, 4) is 6.07 Å². The molecule has 0 N–H and O–H groups in total. The molecule has 0 amide bonds. The maximum atomic E-state index is 8.48. The topological polar surface area (TPSA) is 36.7 Å². The van der Waals surface area contributed by atoms with Crippen LogP contribution in [0.2, 0.25) is 5.02 Å². The van der Waals surface area contributed by atoms with Crippen molar-refractivity contribution < 1.29 is 0 Å². The number of aryl methyl sites for hydroxylation is 1. The first-order chi connectivity index (χ1) is 4.74. The molecule has 1 heterocycles. The Hall–Kier alpha value is -1.07. The normalized spacial score (nSPS) is 8.90. The van der Waals surface area contributed by atoms with E-state index in [9.17, 15) is 0 Å². The Morgan fingerprint density at radius 3 is 2.90 bits per heavy atom. The summed E-state index contributed by atoms with van der Waals surface area (Å²) in [7, 11) is 0. The molecule has 0 saturated carbocycles. The van der Waals surface area contributed by atoms with E-state index in [0.717, 1.165) is 5.69 Å². The van der Waals surface area contributed by atoms with Crippen molar-refractivity contribution in [1.29, 1.82) is 5.26 Å². The van der Waals surface area contributed by atoms with E-state index in [1.54, 1.807) is 6.07 Å². The maximum absolute atomic E-state index is 8.48. The van der Waals surface area contributed by atoms with Crippen LogP contribution in [0.25, 0.3) is 0 Å². The quantitative estimate of drug-likeness (QED) is 0.570. The van der Waals surface area contributed by atoms with E-state index < -0.39 is 0 Å². The number of hydrogen-bond acceptors (Lipinski definition) is 2. The lowest BCUT2D eigenvalue weighted by Gasteiger charge is -1.93. The minimum absolute atomic E-state index is 0.410. The SMILES string of the molecule is Cc1cc(C#N)c(Cl)cn1. The number of nitrogens with zero attached hydrogens (tertiary/aromatic N) is 2. The first-order valence-corrected chi connectivity index (χ1v) is 3.14. The van der Waals surface area contributed by atoms with Crippen LogP contribution in [0.3, 0.4) is 0 Å². The molecule has 10 heavy (non-hydrogen) atoms. The standard InChI is InChI=1S/C7H5ClN2/c1-5-2-6(3-9)7(8)4-10-5/h2,4H,1H3. The molecule has 1 aromatic heterocycles. The van der Waals surface area contributed by atoms with Crippen LogP contribution in [-0.4, -0.2) is 4.98 Å². The largest absolute Gasteiger partial charge is 0.260 e. The summed E-state index contributed by atoms with van der Waals surface area (Å²) in [5, 5.41) is 8.89. The van der Waals surface area contributed by atoms with Gasteiger partial charge in [0.1, 0.15) is 6.07 Å². The molecule has 0 fully saturated rings. The average Bonchev–Trinajstić information content (AvgIpc) is 1.94. The molecular weight excluding hydrogens is 148 g/mol. The predicted octanol–water partition coefficient (Wildman–Crippen LogP) is 1.92. The van der Waals surface area contributed by atoms with Crippen LogP contribution in [0.4, 0.5) is 0 Å². The summed E-state index contributed by atoms with van der Waals surface area (Å²) < 4.78 is 0. The smallest absolute Gasteiger partial charge is 0.101 e. The van der Waals surface area contributed by atoms with E-state index in [1.807, 2.05) is 13.0 Å². The Morgan fingerprint density at radius 2 is 2.40 bits per heavy atom. The van der Waals surface area contributed by atoms with E-state index in [0.29, 0.717) is 10.6 Å². The van der Waals surface area contributed by atoms with Crippen LogP contribution in [0.5, 0.6) is 0 Å². The van der Waals surface area contributed by atoms with Gasteiger partial charge < -0.3 is 0 Å². The third kappa shape index (κ3) is 1.26. The summed E-state index contributed by atoms with van der Waals surface area (Å²) in [6, 6.07) is 3.62. The number of pyridine rings is 1. The molecule has 2 nitrogen and oxygen atoms in total. The summed E-state index contributed by atoms with van der Waals surface area (Å²) in [5.74, 6) is 0. The van der Waals surface area contributed by atoms with E-state index in [-0.39, 0.29) is 0 Å². The van der Waals surface area contributed by atoms with Crippen molar-refractivity contribution in [1.82, 2.24) is 4.98 Å². The molecule has 0 unspecified atom stereocenters. The first kappa shape index (κ1) is 7.04. The lowest BCUT2D eigenvalue weighted by molar-refractivity contribution is 1.19. The van der Waals surface area contributed by atoms with Crippen molar-refractivity contribution in [3.63, 3.8) is 0 Å². The molecule has 0 atom stereocenters. The maximum Gasteiger partial charge on any atom is 0.101 e. The molecule has 50 valence electrons. The van der Waals surface area contributed by atoms with Crippen LogP contribution < -0.4 is 0 Å². The molecule has 0 radical (unpaired) electrons. The van der Waals surface area contributed by atoms with E-state index in [4.69, 9.17) is 16.9 Å². The second-order valence-corrected chi connectivity index (χ2v) is 2.32. The summed E-state index contributed by atoms with van der Waals surface area (Å²) in [6.45, 7) is 1.82. The fourth-order valence-electron chi connectivity index (χ4n) is 0.629. The van der Waals surface area contributed by atoms with Gasteiger partial charge in [0.05, 0.1) is 10.6 Å². The van der Waals surface area contributed by atoms with Gasteiger partial charge in [-0.1, -0.05) is 11.6 Å². The molecular formula is C7H5ClN2. The molecule has 0 aliphatic rings. The van der Waals surface area contributed by atoms with Gasteiger partial charge in [-0.3, -0.25) is 4.98 Å². The third-order valence-corrected chi connectivity index (χ3v) is 1.41. The van der Waals surface area contributed by atoms with Crippen molar-refractivity contribution in [2.75, 3.05) is 0 Å². The van der Waals surface area contributed by atoms with Crippen LogP contribution >= 0.6 is 11.6 Å². The molecule has 1 aromatic rings. The van der Waals surface area contributed by atoms with E-state index >= 15 is 0 Å². The highest BCUT2D eigenvalue weighted by Gasteiger charge is 1.97. The summed E-state index contributed by atoms with van der Waals surface area (Å²) >= 11 is 5.61. The molecule has 0 saturated heterocycles. The molecule has 0 spiro atoms. The van der Waals surface area contributed by atoms with Gasteiger partial charge in [-0.2, -0.15) is 5.26 Å². The van der Waals surface area contributed by atoms with Crippen LogP contribution in [-0.2, 0) is 0 Å². The zero-order valence-electron chi connectivity index (χ0n) is 5.43. The fourth-order valence-corrected chi connectivity index (χ4v) is 0.774. The van der Waals surface area contributed by atoms with Gasteiger partial charge in [0.2, 0.25) is 0 Å². The highest BCUT2D eigenvalue weighted by Crippen LogP contribution is 2.12. The van der Waals surface area contributed by atoms with Crippen LogP contribution in [0.1, 0.15) is 11.3 Å². The van der Waals surface area contributed by atoms with Gasteiger partial charge in [0, 0.05) is 11.9 Å². The van der Waals surface area contributed by atoms with Crippen molar-refractivity contribution in [2.24, 2.45) is 0 Å². The number of nitriles is 1. The highest BCUT2D eigenvalue weighted by atomic mass is 35.5. The van der Waals surface area contributed by atoms with Gasteiger partial charge in [-0.05, 0) is 13.0 Å². The minimum Gasteiger partial charge on any atom is -0.260 e. The second kappa shape index (κ2) is 2.68. The molecule has 1 rings (SSSR count). The predicted molar refractivity (Wildman–Crippen MR) is 38.7 cm³/mol. The summed E-state index contributed by atoms with van der Waals surface area (Å²) in [5.41, 5.74) is 1.29. The van der Waals surface area contributed by atoms with Crippen LogP contribution in [0, 0.1) is 18.3 Å². The number of aromatic nitrogens is 1. The monoisotopic (exact) mass is 152 g/mol. The Kier molecular flexibility index (Phi) is 1.88. The second-order valence-electron chi connectivity index (χ2n) is 1.92. The fraction of sp³-hybridized carbons (Fsp3) is 0.143. The molecule has 0 bridgehead atoms. The molecule has 0 aromatic carbocycles. The van der Waals surface area contributed by atoms with Crippen molar-refractivity contribution in [3.05, 3.63) is 28.5 Å². The highest BCUT2D eigenvalue weighted by molar-refractivity contribution is 6.31. The number of rotatable bonds is 0. The minimum atomic E-state index is 0.410. The van der Waals surface area contributed by atoms with Crippen LogP contribution in [0.15, 0.2) is 12.3 Å². The van der Waals surface area contributed by atoms with Gasteiger partial charge in [0.15, 0.2) is 0 Å². The first-order valence-electron chi connectivity index (χ1n) is 2.76. The van der Waals surface area contributed by atoms with E-state index in [2.05, 4.69) is 4.98 Å². The molecule has 0 aliphatic carbocycles. The van der Waals surface area contributed by atoms with Gasteiger partial charge >= 0.3 is 0 Å². The van der Waals surface area contributed by atoms with Gasteiger partial charge in [-0.15, -0.1) is 0 Å². The average molecular weight is 153 g/mol. The Morgan fingerprint density at radius 1 is 1.70 bits per heavy atom. The zero-order chi connectivity index (χ0) is 7.56. The molecule has 0 aliphatic heterocycles. The Bertz CT molecular complexity index is 288. The van der Waals surface area contributed by atoms with E-state index in [1.165, 1.54) is 6.20 Å². The Balaban J connectivity index is 3.25. The number of hydrogen-bond donors (Lipinski definition) is 0. The zero-order valence-corrected chi connectivity index (χ0v) is 6.18. The number of halogens is 1.